The molecule has 0 saturated heterocycles. The minimum atomic E-state index is 0.628. The van der Waals surface area contributed by atoms with Crippen LogP contribution >= 0.6 is 11.6 Å². The molecule has 1 atom stereocenters. The fourth-order valence-corrected chi connectivity index (χ4v) is 2.16. The highest BCUT2D eigenvalue weighted by molar-refractivity contribution is 6.31. The molecule has 1 N–H and O–H groups in total. The highest BCUT2D eigenvalue weighted by Gasteiger charge is 2.15. The van der Waals surface area contributed by atoms with E-state index in [1.54, 1.807) is 0 Å². The van der Waals surface area contributed by atoms with Crippen LogP contribution < -0.4 is 5.32 Å². The molecule has 0 spiro atoms. The standard InChI is InChI=1S/C11H14ClN/c1-8-5-6-13-7-10-9(8)3-2-4-11(10)12/h2-4,8,13H,5-7H2,1H3. The van der Waals surface area contributed by atoms with Crippen molar-refractivity contribution in [3.63, 3.8) is 0 Å². The quantitative estimate of drug-likeness (QED) is 0.671. The van der Waals surface area contributed by atoms with Gasteiger partial charge in [-0.25, -0.2) is 0 Å². The van der Waals surface area contributed by atoms with E-state index < -0.39 is 0 Å². The predicted octanol–water partition coefficient (Wildman–Crippen LogP) is 2.94. The van der Waals surface area contributed by atoms with Crippen molar-refractivity contribution in [3.05, 3.63) is 34.3 Å². The van der Waals surface area contributed by atoms with Crippen LogP contribution in [0.15, 0.2) is 18.2 Å². The molecule has 70 valence electrons. The van der Waals surface area contributed by atoms with Gasteiger partial charge in [0.25, 0.3) is 0 Å². The molecular formula is C11H14ClN. The van der Waals surface area contributed by atoms with Crippen molar-refractivity contribution in [2.45, 2.75) is 25.8 Å². The molecule has 1 aromatic carbocycles. The third-order valence-electron chi connectivity index (χ3n) is 2.74. The van der Waals surface area contributed by atoms with Crippen LogP contribution in [-0.2, 0) is 6.54 Å². The van der Waals surface area contributed by atoms with Crippen molar-refractivity contribution in [1.29, 1.82) is 0 Å². The molecule has 2 heteroatoms. The Morgan fingerprint density at radius 1 is 1.46 bits per heavy atom. The topological polar surface area (TPSA) is 12.0 Å². The molecular weight excluding hydrogens is 182 g/mol. The second-order valence-electron chi connectivity index (χ2n) is 3.67. The van der Waals surface area contributed by atoms with Crippen molar-refractivity contribution < 1.29 is 0 Å². The number of hydrogen-bond acceptors (Lipinski definition) is 1. The average molecular weight is 196 g/mol. The largest absolute Gasteiger partial charge is 0.313 e. The van der Waals surface area contributed by atoms with Crippen LogP contribution in [0.4, 0.5) is 0 Å². The first kappa shape index (κ1) is 9.04. The first-order valence-corrected chi connectivity index (χ1v) is 5.15. The number of halogens is 1. The van der Waals surface area contributed by atoms with Gasteiger partial charge >= 0.3 is 0 Å². The van der Waals surface area contributed by atoms with E-state index in [4.69, 9.17) is 11.6 Å². The smallest absolute Gasteiger partial charge is 0.0453 e. The van der Waals surface area contributed by atoms with Gasteiger partial charge in [0.2, 0.25) is 0 Å². The number of rotatable bonds is 0. The van der Waals surface area contributed by atoms with Crippen LogP contribution in [0.2, 0.25) is 5.02 Å². The maximum absolute atomic E-state index is 6.14. The van der Waals surface area contributed by atoms with Gasteiger partial charge in [-0.2, -0.15) is 0 Å². The van der Waals surface area contributed by atoms with Crippen molar-refractivity contribution in [2.75, 3.05) is 6.54 Å². The third-order valence-corrected chi connectivity index (χ3v) is 3.10. The zero-order valence-electron chi connectivity index (χ0n) is 7.81. The third kappa shape index (κ3) is 1.72. The Hall–Kier alpha value is -0.530. The van der Waals surface area contributed by atoms with Gasteiger partial charge in [-0.15, -0.1) is 0 Å². The first-order chi connectivity index (χ1) is 6.29. The summed E-state index contributed by atoms with van der Waals surface area (Å²) in [5, 5.41) is 4.29. The summed E-state index contributed by atoms with van der Waals surface area (Å²) in [7, 11) is 0. The Labute approximate surface area is 84.1 Å². The Morgan fingerprint density at radius 2 is 2.31 bits per heavy atom. The van der Waals surface area contributed by atoms with Gasteiger partial charge in [0.1, 0.15) is 0 Å². The van der Waals surface area contributed by atoms with Crippen molar-refractivity contribution in [2.24, 2.45) is 0 Å². The van der Waals surface area contributed by atoms with Crippen LogP contribution in [0.1, 0.15) is 30.4 Å². The zero-order valence-corrected chi connectivity index (χ0v) is 8.56. The van der Waals surface area contributed by atoms with E-state index in [1.807, 2.05) is 12.1 Å². The molecule has 0 fully saturated rings. The molecule has 0 aromatic heterocycles. The van der Waals surface area contributed by atoms with Crippen LogP contribution in [0.5, 0.6) is 0 Å². The number of hydrogen-bond donors (Lipinski definition) is 1. The molecule has 1 heterocycles. The Bertz CT molecular complexity index is 309. The molecule has 0 aliphatic carbocycles. The molecule has 0 bridgehead atoms. The molecule has 0 amide bonds. The minimum Gasteiger partial charge on any atom is -0.313 e. The van der Waals surface area contributed by atoms with E-state index in [2.05, 4.69) is 18.3 Å². The molecule has 1 aliphatic heterocycles. The molecule has 13 heavy (non-hydrogen) atoms. The summed E-state index contributed by atoms with van der Waals surface area (Å²) >= 11 is 6.14. The van der Waals surface area contributed by atoms with Crippen LogP contribution in [0.25, 0.3) is 0 Å². The minimum absolute atomic E-state index is 0.628. The molecule has 1 unspecified atom stereocenters. The molecule has 0 radical (unpaired) electrons. The molecule has 0 saturated carbocycles. The fourth-order valence-electron chi connectivity index (χ4n) is 1.91. The van der Waals surface area contributed by atoms with Gasteiger partial charge < -0.3 is 5.32 Å². The van der Waals surface area contributed by atoms with Crippen LogP contribution in [0.3, 0.4) is 0 Å². The predicted molar refractivity (Wildman–Crippen MR) is 56.2 cm³/mol. The Kier molecular flexibility index (Phi) is 2.56. The summed E-state index contributed by atoms with van der Waals surface area (Å²) in [5.41, 5.74) is 2.70. The molecule has 1 aliphatic rings. The van der Waals surface area contributed by atoms with Crippen LogP contribution in [0, 0.1) is 0 Å². The second kappa shape index (κ2) is 3.69. The zero-order chi connectivity index (χ0) is 9.26. The van der Waals surface area contributed by atoms with E-state index in [0.717, 1.165) is 18.1 Å². The fraction of sp³-hybridized carbons (Fsp3) is 0.455. The lowest BCUT2D eigenvalue weighted by Gasteiger charge is -2.12. The van der Waals surface area contributed by atoms with E-state index in [0.29, 0.717) is 5.92 Å². The van der Waals surface area contributed by atoms with Gasteiger partial charge in [-0.05, 0) is 36.1 Å². The van der Waals surface area contributed by atoms with Crippen LogP contribution in [-0.4, -0.2) is 6.54 Å². The van der Waals surface area contributed by atoms with E-state index in [1.165, 1.54) is 17.5 Å². The molecule has 2 rings (SSSR count). The SMILES string of the molecule is CC1CCNCc2c(Cl)cccc21. The Balaban J connectivity index is 2.47. The normalized spacial score (nSPS) is 22.2. The van der Waals surface area contributed by atoms with Gasteiger partial charge in [-0.1, -0.05) is 30.7 Å². The highest BCUT2D eigenvalue weighted by atomic mass is 35.5. The summed E-state index contributed by atoms with van der Waals surface area (Å²) in [6, 6.07) is 6.21. The van der Waals surface area contributed by atoms with Gasteiger partial charge in [-0.3, -0.25) is 0 Å². The summed E-state index contributed by atoms with van der Waals surface area (Å²) in [4.78, 5) is 0. The van der Waals surface area contributed by atoms with Crippen molar-refractivity contribution >= 4 is 11.6 Å². The monoisotopic (exact) mass is 195 g/mol. The number of nitrogens with one attached hydrogen (secondary N) is 1. The van der Waals surface area contributed by atoms with E-state index in [9.17, 15) is 0 Å². The average Bonchev–Trinajstić information content (AvgIpc) is 2.30. The molecule has 1 nitrogen and oxygen atoms in total. The Morgan fingerprint density at radius 3 is 3.15 bits per heavy atom. The summed E-state index contributed by atoms with van der Waals surface area (Å²) in [6.07, 6.45) is 1.20. The van der Waals surface area contributed by atoms with E-state index in [-0.39, 0.29) is 0 Å². The maximum atomic E-state index is 6.14. The van der Waals surface area contributed by atoms with Gasteiger partial charge in [0, 0.05) is 11.6 Å². The van der Waals surface area contributed by atoms with Crippen molar-refractivity contribution in [3.8, 4) is 0 Å². The number of fused-ring (bicyclic) bond motifs is 1. The highest BCUT2D eigenvalue weighted by Crippen LogP contribution is 2.29. The number of benzene rings is 1. The van der Waals surface area contributed by atoms with E-state index >= 15 is 0 Å². The summed E-state index contributed by atoms with van der Waals surface area (Å²) < 4.78 is 0. The summed E-state index contributed by atoms with van der Waals surface area (Å²) in [6.45, 7) is 4.27. The first-order valence-electron chi connectivity index (χ1n) is 4.77. The van der Waals surface area contributed by atoms with Gasteiger partial charge in [0.05, 0.1) is 0 Å². The van der Waals surface area contributed by atoms with Gasteiger partial charge in [0.15, 0.2) is 0 Å². The maximum Gasteiger partial charge on any atom is 0.0453 e. The lowest BCUT2D eigenvalue weighted by Crippen LogP contribution is -2.12. The molecule has 1 aromatic rings. The lowest BCUT2D eigenvalue weighted by molar-refractivity contribution is 0.630. The summed E-state index contributed by atoms with van der Waals surface area (Å²) in [5.74, 6) is 0.628. The second-order valence-corrected chi connectivity index (χ2v) is 4.08. The van der Waals surface area contributed by atoms with Crippen molar-refractivity contribution in [1.82, 2.24) is 5.32 Å². The lowest BCUT2D eigenvalue weighted by atomic mass is 9.94.